The van der Waals surface area contributed by atoms with E-state index in [0.29, 0.717) is 11.4 Å². The maximum atomic E-state index is 14.1. The average molecular weight is 315 g/mol. The van der Waals surface area contributed by atoms with Gasteiger partial charge in [0.25, 0.3) is 0 Å². The van der Waals surface area contributed by atoms with Gasteiger partial charge in [0.15, 0.2) is 0 Å². The van der Waals surface area contributed by atoms with Gasteiger partial charge in [-0.3, -0.25) is 0 Å². The van der Waals surface area contributed by atoms with Gasteiger partial charge in [-0.05, 0) is 38.6 Å². The van der Waals surface area contributed by atoms with Crippen molar-refractivity contribution in [1.29, 1.82) is 0 Å². The number of benzene rings is 1. The van der Waals surface area contributed by atoms with E-state index in [-0.39, 0.29) is 5.82 Å². The third-order valence-corrected chi connectivity index (χ3v) is 4.26. The Hall–Kier alpha value is -0.610. The molecule has 2 nitrogen and oxygen atoms in total. The summed E-state index contributed by atoms with van der Waals surface area (Å²) in [5.74, 6) is -0.105. The molecule has 1 unspecified atom stereocenters. The third kappa shape index (κ3) is 2.86. The van der Waals surface area contributed by atoms with Gasteiger partial charge in [-0.15, -0.1) is 0 Å². The van der Waals surface area contributed by atoms with Crippen LogP contribution in [0, 0.1) is 5.82 Å². The van der Waals surface area contributed by atoms with Crippen LogP contribution in [0.2, 0.25) is 0 Å². The number of alkyl halides is 1. The molecular weight excluding hydrogens is 295 g/mol. The quantitative estimate of drug-likeness (QED) is 0.790. The second-order valence-electron chi connectivity index (χ2n) is 5.09. The van der Waals surface area contributed by atoms with E-state index in [1.165, 1.54) is 6.42 Å². The fourth-order valence-electron chi connectivity index (χ4n) is 2.60. The second-order valence-corrected chi connectivity index (χ2v) is 5.65. The van der Waals surface area contributed by atoms with Crippen molar-refractivity contribution in [2.45, 2.75) is 24.2 Å². The fraction of sp³-hybridized carbons (Fsp3) is 0.571. The van der Waals surface area contributed by atoms with E-state index in [0.717, 1.165) is 30.8 Å². The molecule has 2 rings (SSSR count). The van der Waals surface area contributed by atoms with Crippen molar-refractivity contribution in [1.82, 2.24) is 4.90 Å². The van der Waals surface area contributed by atoms with E-state index in [1.54, 1.807) is 12.1 Å². The first-order valence-corrected chi connectivity index (χ1v) is 7.50. The highest BCUT2D eigenvalue weighted by Gasteiger charge is 2.24. The van der Waals surface area contributed by atoms with Crippen molar-refractivity contribution in [3.05, 3.63) is 29.6 Å². The number of anilines is 1. The Morgan fingerprint density at radius 2 is 2.22 bits per heavy atom. The molecular formula is C14H20BrFN2. The van der Waals surface area contributed by atoms with E-state index in [1.807, 2.05) is 6.07 Å². The fourth-order valence-corrected chi connectivity index (χ4v) is 3.05. The predicted molar refractivity (Wildman–Crippen MR) is 78.0 cm³/mol. The largest absolute Gasteiger partial charge is 0.367 e. The van der Waals surface area contributed by atoms with Crippen LogP contribution in [0.3, 0.4) is 0 Å². The molecule has 0 saturated carbocycles. The van der Waals surface area contributed by atoms with Crippen molar-refractivity contribution >= 4 is 21.6 Å². The number of rotatable bonds is 3. The molecule has 0 spiro atoms. The highest BCUT2D eigenvalue weighted by Crippen LogP contribution is 2.29. The molecule has 1 heterocycles. The van der Waals surface area contributed by atoms with E-state index in [4.69, 9.17) is 0 Å². The monoisotopic (exact) mass is 314 g/mol. The molecule has 1 atom stereocenters. The number of likely N-dealkylation sites (N-methyl/N-ethyl adjacent to an activating group) is 1. The molecule has 100 valence electrons. The van der Waals surface area contributed by atoms with Crippen LogP contribution in [-0.4, -0.2) is 38.1 Å². The minimum Gasteiger partial charge on any atom is -0.367 e. The van der Waals surface area contributed by atoms with E-state index in [2.05, 4.69) is 39.8 Å². The van der Waals surface area contributed by atoms with Crippen molar-refractivity contribution < 1.29 is 4.39 Å². The normalized spacial score (nSPS) is 20.5. The minimum atomic E-state index is -0.105. The number of hydrogen-bond donors (Lipinski definition) is 0. The summed E-state index contributed by atoms with van der Waals surface area (Å²) in [6.07, 6.45) is 2.32. The molecule has 0 bridgehead atoms. The zero-order valence-electron chi connectivity index (χ0n) is 11.0. The molecule has 0 aliphatic carbocycles. The Morgan fingerprint density at radius 3 is 2.89 bits per heavy atom. The lowest BCUT2D eigenvalue weighted by Gasteiger charge is -2.38. The molecule has 1 aliphatic heterocycles. The summed E-state index contributed by atoms with van der Waals surface area (Å²) in [6, 6.07) is 5.84. The van der Waals surface area contributed by atoms with Gasteiger partial charge in [-0.2, -0.15) is 0 Å². The molecule has 1 aliphatic rings. The highest BCUT2D eigenvalue weighted by molar-refractivity contribution is 9.08. The zero-order valence-corrected chi connectivity index (χ0v) is 12.6. The molecule has 0 radical (unpaired) electrons. The van der Waals surface area contributed by atoms with Crippen molar-refractivity contribution in [3.63, 3.8) is 0 Å². The summed E-state index contributed by atoms with van der Waals surface area (Å²) in [6.45, 7) is 1.86. The van der Waals surface area contributed by atoms with Crippen LogP contribution in [-0.2, 0) is 5.33 Å². The van der Waals surface area contributed by atoms with Gasteiger partial charge in [0.2, 0.25) is 0 Å². The van der Waals surface area contributed by atoms with Gasteiger partial charge >= 0.3 is 0 Å². The van der Waals surface area contributed by atoms with Gasteiger partial charge in [0.05, 0.1) is 5.69 Å². The van der Waals surface area contributed by atoms with Crippen LogP contribution in [0.4, 0.5) is 10.1 Å². The predicted octanol–water partition coefficient (Wildman–Crippen LogP) is 3.25. The van der Waals surface area contributed by atoms with E-state index >= 15 is 0 Å². The van der Waals surface area contributed by atoms with Crippen LogP contribution >= 0.6 is 15.9 Å². The third-order valence-electron chi connectivity index (χ3n) is 3.66. The Labute approximate surface area is 117 Å². The Kier molecular flexibility index (Phi) is 4.62. The Morgan fingerprint density at radius 1 is 1.44 bits per heavy atom. The van der Waals surface area contributed by atoms with Gasteiger partial charge in [0.1, 0.15) is 5.82 Å². The van der Waals surface area contributed by atoms with Crippen LogP contribution in [0.25, 0.3) is 0 Å². The summed E-state index contributed by atoms with van der Waals surface area (Å²) >= 11 is 3.45. The number of para-hydroxylation sites is 1. The lowest BCUT2D eigenvalue weighted by Crippen LogP contribution is -2.45. The highest BCUT2D eigenvalue weighted by atomic mass is 79.9. The molecule has 18 heavy (non-hydrogen) atoms. The standard InChI is InChI=1S/C14H20BrFN2/c1-17(2)12-6-4-8-18(10-12)14-11(9-15)5-3-7-13(14)16/h3,5,7,12H,4,6,8-10H2,1-2H3. The molecule has 1 saturated heterocycles. The molecule has 1 fully saturated rings. The van der Waals surface area contributed by atoms with Gasteiger partial charge in [0, 0.05) is 24.5 Å². The summed E-state index contributed by atoms with van der Waals surface area (Å²) in [7, 11) is 4.20. The summed E-state index contributed by atoms with van der Waals surface area (Å²) < 4.78 is 14.1. The zero-order chi connectivity index (χ0) is 13.1. The molecule has 0 N–H and O–H groups in total. The maximum Gasteiger partial charge on any atom is 0.146 e. The summed E-state index contributed by atoms with van der Waals surface area (Å²) in [4.78, 5) is 4.43. The van der Waals surface area contributed by atoms with Gasteiger partial charge < -0.3 is 9.80 Å². The molecule has 0 aromatic heterocycles. The SMILES string of the molecule is CN(C)C1CCCN(c2c(F)cccc2CBr)C1. The van der Waals surface area contributed by atoms with Gasteiger partial charge in [-0.1, -0.05) is 28.1 Å². The van der Waals surface area contributed by atoms with Crippen LogP contribution in [0.5, 0.6) is 0 Å². The molecule has 0 amide bonds. The number of halogens is 2. The lowest BCUT2D eigenvalue weighted by atomic mass is 10.0. The number of piperidine rings is 1. The number of hydrogen-bond acceptors (Lipinski definition) is 2. The maximum absolute atomic E-state index is 14.1. The topological polar surface area (TPSA) is 6.48 Å². The molecule has 4 heteroatoms. The first-order chi connectivity index (χ1) is 8.63. The lowest BCUT2D eigenvalue weighted by molar-refractivity contribution is 0.257. The molecule has 1 aromatic rings. The minimum absolute atomic E-state index is 0.105. The molecule has 1 aromatic carbocycles. The first kappa shape index (κ1) is 13.8. The van der Waals surface area contributed by atoms with Crippen LogP contribution < -0.4 is 4.90 Å². The van der Waals surface area contributed by atoms with Gasteiger partial charge in [-0.25, -0.2) is 4.39 Å². The Balaban J connectivity index is 2.25. The van der Waals surface area contributed by atoms with E-state index < -0.39 is 0 Å². The summed E-state index contributed by atoms with van der Waals surface area (Å²) in [5, 5.41) is 0.698. The first-order valence-electron chi connectivity index (χ1n) is 6.38. The summed E-state index contributed by atoms with van der Waals surface area (Å²) in [5.41, 5.74) is 1.82. The van der Waals surface area contributed by atoms with Crippen molar-refractivity contribution in [3.8, 4) is 0 Å². The van der Waals surface area contributed by atoms with Crippen LogP contribution in [0.15, 0.2) is 18.2 Å². The second kappa shape index (κ2) is 6.02. The number of nitrogens with zero attached hydrogens (tertiary/aromatic N) is 2. The van der Waals surface area contributed by atoms with Crippen LogP contribution in [0.1, 0.15) is 18.4 Å². The smallest absolute Gasteiger partial charge is 0.146 e. The Bertz CT molecular complexity index is 409. The van der Waals surface area contributed by atoms with Crippen molar-refractivity contribution in [2.24, 2.45) is 0 Å². The van der Waals surface area contributed by atoms with Crippen molar-refractivity contribution in [2.75, 3.05) is 32.1 Å². The van der Waals surface area contributed by atoms with E-state index in [9.17, 15) is 4.39 Å². The average Bonchev–Trinajstić information content (AvgIpc) is 2.38.